The molecule has 5 nitrogen and oxygen atoms in total. The van der Waals surface area contributed by atoms with Gasteiger partial charge in [0.05, 0.1) is 13.7 Å². The lowest BCUT2D eigenvalue weighted by molar-refractivity contribution is 0.111. The van der Waals surface area contributed by atoms with Gasteiger partial charge in [-0.05, 0) is 6.92 Å². The first-order valence-corrected chi connectivity index (χ1v) is 4.36. The number of aromatic hydroxyl groups is 2. The normalized spacial score (nSPS) is 9.73. The Morgan fingerprint density at radius 3 is 2.60 bits per heavy atom. The van der Waals surface area contributed by atoms with Gasteiger partial charge in [-0.2, -0.15) is 0 Å². The van der Waals surface area contributed by atoms with E-state index in [-0.39, 0.29) is 22.8 Å². The van der Waals surface area contributed by atoms with Gasteiger partial charge in [0.2, 0.25) is 5.75 Å². The van der Waals surface area contributed by atoms with Crippen LogP contribution in [0.4, 0.5) is 0 Å². The van der Waals surface area contributed by atoms with Crippen LogP contribution in [0.5, 0.6) is 23.0 Å². The summed E-state index contributed by atoms with van der Waals surface area (Å²) in [6.45, 7) is 2.08. The monoisotopic (exact) mass is 212 g/mol. The Labute approximate surface area is 86.9 Å². The average molecular weight is 212 g/mol. The van der Waals surface area contributed by atoms with Crippen LogP contribution in [0.2, 0.25) is 0 Å². The molecule has 2 N–H and O–H groups in total. The maximum Gasteiger partial charge on any atom is 0.201 e. The molecule has 0 aromatic heterocycles. The molecule has 0 saturated heterocycles. The van der Waals surface area contributed by atoms with E-state index >= 15 is 0 Å². The Balaban J connectivity index is 3.40. The number of carbonyl (C=O) groups is 1. The van der Waals surface area contributed by atoms with Gasteiger partial charge in [-0.15, -0.1) is 0 Å². The molecule has 0 saturated carbocycles. The maximum atomic E-state index is 10.8. The quantitative estimate of drug-likeness (QED) is 0.581. The van der Waals surface area contributed by atoms with E-state index in [4.69, 9.17) is 9.47 Å². The molecule has 15 heavy (non-hydrogen) atoms. The Morgan fingerprint density at radius 1 is 1.47 bits per heavy atom. The molecule has 1 aromatic carbocycles. The number of hydrogen-bond donors (Lipinski definition) is 2. The molecule has 1 rings (SSSR count). The predicted octanol–water partition coefficient (Wildman–Crippen LogP) is 1.32. The van der Waals surface area contributed by atoms with Crippen LogP contribution < -0.4 is 9.47 Å². The Bertz CT molecular complexity index is 373. The van der Waals surface area contributed by atoms with Crippen molar-refractivity contribution in [3.05, 3.63) is 11.6 Å². The lowest BCUT2D eigenvalue weighted by Crippen LogP contribution is -1.99. The van der Waals surface area contributed by atoms with Crippen LogP contribution in [0.25, 0.3) is 0 Å². The fourth-order valence-corrected chi connectivity index (χ4v) is 1.22. The standard InChI is InChI=1S/C10H12O5/c1-3-15-8-4-7(12)9(13)10(14-2)6(8)5-11/h4-5,12-13H,3H2,1-2H3. The van der Waals surface area contributed by atoms with Crippen LogP contribution in [-0.2, 0) is 0 Å². The summed E-state index contributed by atoms with van der Waals surface area (Å²) < 4.78 is 9.94. The second-order valence-electron chi connectivity index (χ2n) is 2.74. The van der Waals surface area contributed by atoms with Gasteiger partial charge in [-0.25, -0.2) is 0 Å². The molecule has 1 aromatic rings. The molecule has 0 radical (unpaired) electrons. The third kappa shape index (κ3) is 1.96. The van der Waals surface area contributed by atoms with Crippen molar-refractivity contribution >= 4 is 6.29 Å². The van der Waals surface area contributed by atoms with Crippen LogP contribution in [0, 0.1) is 0 Å². The molecule has 0 amide bonds. The molecular formula is C10H12O5. The highest BCUT2D eigenvalue weighted by atomic mass is 16.5. The van der Waals surface area contributed by atoms with Crippen LogP contribution in [0.15, 0.2) is 6.07 Å². The van der Waals surface area contributed by atoms with Gasteiger partial charge in [0.15, 0.2) is 17.8 Å². The lowest BCUT2D eigenvalue weighted by atomic mass is 10.1. The summed E-state index contributed by atoms with van der Waals surface area (Å²) >= 11 is 0. The van der Waals surface area contributed by atoms with Gasteiger partial charge in [0, 0.05) is 6.07 Å². The zero-order chi connectivity index (χ0) is 11.4. The first-order valence-electron chi connectivity index (χ1n) is 4.36. The highest BCUT2D eigenvalue weighted by molar-refractivity contribution is 5.86. The molecule has 0 atom stereocenters. The number of phenols is 2. The molecule has 0 aliphatic heterocycles. The molecule has 82 valence electrons. The van der Waals surface area contributed by atoms with Crippen LogP contribution in [0.3, 0.4) is 0 Å². The first kappa shape index (κ1) is 11.2. The van der Waals surface area contributed by atoms with Crippen molar-refractivity contribution in [1.82, 2.24) is 0 Å². The number of carbonyl (C=O) groups excluding carboxylic acids is 1. The number of benzene rings is 1. The van der Waals surface area contributed by atoms with Crippen molar-refractivity contribution < 1.29 is 24.5 Å². The predicted molar refractivity (Wildman–Crippen MR) is 52.9 cm³/mol. The van der Waals surface area contributed by atoms with E-state index in [9.17, 15) is 15.0 Å². The van der Waals surface area contributed by atoms with E-state index in [1.165, 1.54) is 13.2 Å². The van der Waals surface area contributed by atoms with Crippen molar-refractivity contribution in [3.8, 4) is 23.0 Å². The van der Waals surface area contributed by atoms with E-state index in [1.807, 2.05) is 0 Å². The number of aldehydes is 1. The molecule has 0 spiro atoms. The smallest absolute Gasteiger partial charge is 0.201 e. The van der Waals surface area contributed by atoms with E-state index in [0.717, 1.165) is 0 Å². The van der Waals surface area contributed by atoms with Gasteiger partial charge in [0.1, 0.15) is 11.3 Å². The van der Waals surface area contributed by atoms with Crippen molar-refractivity contribution in [3.63, 3.8) is 0 Å². The first-order chi connectivity index (χ1) is 7.15. The minimum atomic E-state index is -0.469. The topological polar surface area (TPSA) is 76.0 Å². The molecule has 0 bridgehead atoms. The zero-order valence-electron chi connectivity index (χ0n) is 8.48. The van der Waals surface area contributed by atoms with E-state index in [0.29, 0.717) is 12.9 Å². The Kier molecular flexibility index (Phi) is 3.38. The minimum Gasteiger partial charge on any atom is -0.504 e. The minimum absolute atomic E-state index is 0.0784. The average Bonchev–Trinajstić information content (AvgIpc) is 2.23. The van der Waals surface area contributed by atoms with Crippen LogP contribution >= 0.6 is 0 Å². The number of phenolic OH excluding ortho intramolecular Hbond substituents is 2. The highest BCUT2D eigenvalue weighted by Crippen LogP contribution is 2.42. The summed E-state index contributed by atoms with van der Waals surface area (Å²) in [5.74, 6) is -0.767. The summed E-state index contributed by atoms with van der Waals surface area (Å²) in [6, 6.07) is 1.17. The van der Waals surface area contributed by atoms with E-state index in [1.54, 1.807) is 6.92 Å². The third-order valence-electron chi connectivity index (χ3n) is 1.86. The summed E-state index contributed by atoms with van der Waals surface area (Å²) in [7, 11) is 1.29. The molecule has 0 unspecified atom stereocenters. The second kappa shape index (κ2) is 4.54. The fourth-order valence-electron chi connectivity index (χ4n) is 1.22. The van der Waals surface area contributed by atoms with Gasteiger partial charge in [-0.3, -0.25) is 4.79 Å². The largest absolute Gasteiger partial charge is 0.504 e. The van der Waals surface area contributed by atoms with Gasteiger partial charge in [0.25, 0.3) is 0 Å². The maximum absolute atomic E-state index is 10.8. The fraction of sp³-hybridized carbons (Fsp3) is 0.300. The number of rotatable bonds is 4. The highest BCUT2D eigenvalue weighted by Gasteiger charge is 2.18. The van der Waals surface area contributed by atoms with Crippen molar-refractivity contribution in [2.24, 2.45) is 0 Å². The van der Waals surface area contributed by atoms with Gasteiger partial charge >= 0.3 is 0 Å². The van der Waals surface area contributed by atoms with Crippen molar-refractivity contribution in [1.29, 1.82) is 0 Å². The molecule has 0 aliphatic rings. The Hall–Kier alpha value is -1.91. The van der Waals surface area contributed by atoms with Crippen LogP contribution in [0.1, 0.15) is 17.3 Å². The molecule has 0 aliphatic carbocycles. The van der Waals surface area contributed by atoms with Crippen molar-refractivity contribution in [2.75, 3.05) is 13.7 Å². The summed E-state index contributed by atoms with van der Waals surface area (Å²) in [5, 5.41) is 18.7. The molecule has 0 heterocycles. The summed E-state index contributed by atoms with van der Waals surface area (Å²) in [4.78, 5) is 10.8. The summed E-state index contributed by atoms with van der Waals surface area (Å²) in [5.41, 5.74) is 0.0784. The number of hydrogen-bond acceptors (Lipinski definition) is 5. The third-order valence-corrected chi connectivity index (χ3v) is 1.86. The van der Waals surface area contributed by atoms with Crippen LogP contribution in [-0.4, -0.2) is 30.2 Å². The van der Waals surface area contributed by atoms with E-state index in [2.05, 4.69) is 0 Å². The van der Waals surface area contributed by atoms with E-state index < -0.39 is 5.75 Å². The molecule has 5 heteroatoms. The number of ether oxygens (including phenoxy) is 2. The SMILES string of the molecule is CCOc1cc(O)c(O)c(OC)c1C=O. The Morgan fingerprint density at radius 2 is 2.13 bits per heavy atom. The van der Waals surface area contributed by atoms with Crippen molar-refractivity contribution in [2.45, 2.75) is 6.92 Å². The van der Waals surface area contributed by atoms with Gasteiger partial charge in [-0.1, -0.05) is 0 Å². The lowest BCUT2D eigenvalue weighted by Gasteiger charge is -2.12. The van der Waals surface area contributed by atoms with Gasteiger partial charge < -0.3 is 19.7 Å². The number of methoxy groups -OCH3 is 1. The molecular weight excluding hydrogens is 200 g/mol. The second-order valence-corrected chi connectivity index (χ2v) is 2.74. The molecule has 0 fully saturated rings. The summed E-state index contributed by atoms with van der Waals surface area (Å²) in [6.07, 6.45) is 0.503. The zero-order valence-corrected chi connectivity index (χ0v) is 8.48.